The molecule has 0 bridgehead atoms. The van der Waals surface area contributed by atoms with E-state index in [1.807, 2.05) is 53.4 Å². The van der Waals surface area contributed by atoms with Gasteiger partial charge in [0.15, 0.2) is 0 Å². The van der Waals surface area contributed by atoms with Crippen LogP contribution in [-0.2, 0) is 21.2 Å². The van der Waals surface area contributed by atoms with E-state index < -0.39 is 15.9 Å². The van der Waals surface area contributed by atoms with E-state index in [0.29, 0.717) is 0 Å². The molecule has 4 aromatic rings. The topological polar surface area (TPSA) is 79.6 Å². The van der Waals surface area contributed by atoms with Crippen LogP contribution in [0.2, 0.25) is 0 Å². The molecule has 0 saturated heterocycles. The zero-order valence-corrected chi connectivity index (χ0v) is 23.7. The molecule has 0 saturated carbocycles. The van der Waals surface area contributed by atoms with Gasteiger partial charge in [-0.2, -0.15) is 0 Å². The lowest BCUT2D eigenvalue weighted by Gasteiger charge is -2.20. The summed E-state index contributed by atoms with van der Waals surface area (Å²) in [7, 11) is -3.65. The number of hydrogen-bond acceptors (Lipinski definition) is 6. The molecular weight excluding hydrogens is 528 g/mol. The Bertz CT molecular complexity index is 1700. The minimum Gasteiger partial charge on any atom is -0.456 e. The molecule has 5 rings (SSSR count). The molecule has 0 atom stereocenters. The molecule has 200 valence electrons. The van der Waals surface area contributed by atoms with E-state index in [0.717, 1.165) is 73.7 Å². The molecule has 0 unspecified atom stereocenters. The van der Waals surface area contributed by atoms with E-state index in [1.165, 1.54) is 0 Å². The molecule has 1 amide bonds. The summed E-state index contributed by atoms with van der Waals surface area (Å²) in [6.45, 7) is 4.11. The lowest BCUT2D eigenvalue weighted by molar-refractivity contribution is -0.117. The van der Waals surface area contributed by atoms with Gasteiger partial charge in [0, 0.05) is 15.8 Å². The van der Waals surface area contributed by atoms with E-state index in [9.17, 15) is 13.2 Å². The van der Waals surface area contributed by atoms with Crippen LogP contribution in [0.5, 0.6) is 0 Å². The summed E-state index contributed by atoms with van der Waals surface area (Å²) in [5.74, 6) is 0.246. The Morgan fingerprint density at radius 3 is 2.46 bits per heavy atom. The number of hydrogen-bond donors (Lipinski definition) is 1. The largest absolute Gasteiger partial charge is 0.456 e. The highest BCUT2D eigenvalue weighted by atomic mass is 32.2. The maximum absolute atomic E-state index is 12.5. The van der Waals surface area contributed by atoms with Crippen molar-refractivity contribution in [2.24, 2.45) is 0 Å². The van der Waals surface area contributed by atoms with Crippen molar-refractivity contribution in [3.05, 3.63) is 101 Å². The van der Waals surface area contributed by atoms with Crippen LogP contribution in [0.15, 0.2) is 98.8 Å². The van der Waals surface area contributed by atoms with Crippen molar-refractivity contribution in [1.29, 1.82) is 0 Å². The van der Waals surface area contributed by atoms with E-state index in [1.54, 1.807) is 11.8 Å². The Hall–Kier alpha value is -3.75. The third-order valence-electron chi connectivity index (χ3n) is 6.55. The van der Waals surface area contributed by atoms with Crippen LogP contribution in [0, 0.1) is 0 Å². The number of sulfonamides is 1. The maximum Gasteiger partial charge on any atom is 0.253 e. The van der Waals surface area contributed by atoms with Crippen LogP contribution in [0.3, 0.4) is 0 Å². The first-order valence-electron chi connectivity index (χ1n) is 12.8. The van der Waals surface area contributed by atoms with Gasteiger partial charge in [0.1, 0.15) is 17.9 Å². The van der Waals surface area contributed by atoms with Crippen molar-refractivity contribution in [3.8, 4) is 11.1 Å². The van der Waals surface area contributed by atoms with Gasteiger partial charge in [0.2, 0.25) is 10.0 Å². The standard InChI is InChI=1S/C31H30N2O4S2/c1-4-21(18-31-33(20-30(34)32-39(3,35)36)26-13-9-10-14-29(26)38-31)17-28-24(5-2)25-19-23(15-16-27(25)37-28)22-11-7-6-8-12-22/h6-19H,4-5,20H2,1-3H3,(H,32,34)/b21-17+,31-18-. The minimum absolute atomic E-state index is 0.104. The van der Waals surface area contributed by atoms with Crippen molar-refractivity contribution < 1.29 is 17.6 Å². The van der Waals surface area contributed by atoms with Crippen LogP contribution in [0.4, 0.5) is 5.69 Å². The van der Waals surface area contributed by atoms with Crippen LogP contribution in [0.1, 0.15) is 31.6 Å². The molecule has 6 nitrogen and oxygen atoms in total. The highest BCUT2D eigenvalue weighted by Gasteiger charge is 2.27. The van der Waals surface area contributed by atoms with Gasteiger partial charge >= 0.3 is 0 Å². The summed E-state index contributed by atoms with van der Waals surface area (Å²) >= 11 is 1.56. The minimum atomic E-state index is -3.65. The van der Waals surface area contributed by atoms with Gasteiger partial charge in [-0.15, -0.1) is 0 Å². The number of carbonyl (C=O) groups excluding carboxylic acids is 1. The molecule has 0 aliphatic carbocycles. The molecule has 1 aliphatic heterocycles. The highest BCUT2D eigenvalue weighted by Crippen LogP contribution is 2.46. The van der Waals surface area contributed by atoms with Crippen LogP contribution in [0.25, 0.3) is 28.2 Å². The predicted octanol–water partition coefficient (Wildman–Crippen LogP) is 6.99. The molecule has 39 heavy (non-hydrogen) atoms. The fraction of sp³-hybridized carbons (Fsp3) is 0.194. The number of thioether (sulfide) groups is 1. The van der Waals surface area contributed by atoms with Crippen molar-refractivity contribution in [3.63, 3.8) is 0 Å². The molecule has 0 spiro atoms. The first-order chi connectivity index (χ1) is 18.8. The fourth-order valence-corrected chi connectivity index (χ4v) is 6.35. The van der Waals surface area contributed by atoms with Crippen LogP contribution in [-0.4, -0.2) is 27.1 Å². The van der Waals surface area contributed by atoms with Crippen LogP contribution < -0.4 is 9.62 Å². The Balaban J connectivity index is 1.51. The SMILES string of the molecule is CCC(/C=C1\Sc2ccccc2N1CC(=O)NS(C)(=O)=O)=C\c1oc2ccc(-c3ccccc3)cc2c1CC. The zero-order chi connectivity index (χ0) is 27.6. The Morgan fingerprint density at radius 1 is 1.00 bits per heavy atom. The molecule has 1 aliphatic rings. The summed E-state index contributed by atoms with van der Waals surface area (Å²) in [5, 5.41) is 1.96. The van der Waals surface area contributed by atoms with Gasteiger partial charge in [0.25, 0.3) is 5.91 Å². The highest BCUT2D eigenvalue weighted by molar-refractivity contribution is 8.03. The fourth-order valence-electron chi connectivity index (χ4n) is 4.74. The molecule has 0 radical (unpaired) electrons. The predicted molar refractivity (Wildman–Crippen MR) is 160 cm³/mol. The first-order valence-corrected chi connectivity index (χ1v) is 15.5. The lowest BCUT2D eigenvalue weighted by Crippen LogP contribution is -2.38. The van der Waals surface area contributed by atoms with Crippen molar-refractivity contribution in [2.45, 2.75) is 31.6 Å². The van der Waals surface area contributed by atoms with E-state index >= 15 is 0 Å². The molecule has 0 fully saturated rings. The Kier molecular flexibility index (Phi) is 7.68. The van der Waals surface area contributed by atoms with Crippen LogP contribution >= 0.6 is 11.8 Å². The van der Waals surface area contributed by atoms with Crippen molar-refractivity contribution in [1.82, 2.24) is 4.72 Å². The van der Waals surface area contributed by atoms with Gasteiger partial charge in [-0.1, -0.05) is 74.1 Å². The number of furan rings is 1. The van der Waals surface area contributed by atoms with E-state index in [2.05, 4.69) is 55.0 Å². The summed E-state index contributed by atoms with van der Waals surface area (Å²) < 4.78 is 31.6. The van der Waals surface area contributed by atoms with Gasteiger partial charge in [0.05, 0.1) is 17.0 Å². The van der Waals surface area contributed by atoms with Gasteiger partial charge in [-0.05, 0) is 66.0 Å². The number of fused-ring (bicyclic) bond motifs is 2. The first kappa shape index (κ1) is 26.8. The summed E-state index contributed by atoms with van der Waals surface area (Å²) in [6.07, 6.45) is 6.68. The summed E-state index contributed by atoms with van der Waals surface area (Å²) in [6, 6.07) is 24.4. The quantitative estimate of drug-likeness (QED) is 0.251. The van der Waals surface area contributed by atoms with Gasteiger partial charge < -0.3 is 9.32 Å². The maximum atomic E-state index is 12.5. The van der Waals surface area contributed by atoms with Gasteiger partial charge in [-0.25, -0.2) is 8.42 Å². The molecule has 3 aromatic carbocycles. The second-order valence-corrected chi connectivity index (χ2v) is 12.2. The zero-order valence-electron chi connectivity index (χ0n) is 22.1. The number of para-hydroxylation sites is 1. The van der Waals surface area contributed by atoms with Crippen molar-refractivity contribution in [2.75, 3.05) is 17.7 Å². The van der Waals surface area contributed by atoms with Gasteiger partial charge in [-0.3, -0.25) is 9.52 Å². The smallest absolute Gasteiger partial charge is 0.253 e. The number of benzene rings is 3. The van der Waals surface area contributed by atoms with E-state index in [-0.39, 0.29) is 6.54 Å². The van der Waals surface area contributed by atoms with E-state index in [4.69, 9.17) is 4.42 Å². The number of amides is 1. The Morgan fingerprint density at radius 2 is 1.74 bits per heavy atom. The Labute approximate surface area is 233 Å². The average Bonchev–Trinajstić information content (AvgIpc) is 3.44. The average molecular weight is 559 g/mol. The number of aryl methyl sites for hydroxylation is 1. The molecule has 1 aromatic heterocycles. The second kappa shape index (κ2) is 11.2. The number of nitrogens with one attached hydrogen (secondary N) is 1. The second-order valence-electron chi connectivity index (χ2n) is 9.38. The lowest BCUT2D eigenvalue weighted by atomic mass is 10.0. The molecule has 8 heteroatoms. The number of rotatable bonds is 8. The normalized spacial score (nSPS) is 14.7. The number of carbonyl (C=O) groups is 1. The third-order valence-corrected chi connectivity index (χ3v) is 8.26. The third kappa shape index (κ3) is 5.97. The molecule has 2 heterocycles. The summed E-state index contributed by atoms with van der Waals surface area (Å²) in [4.78, 5) is 15.4. The van der Waals surface area contributed by atoms with Crippen molar-refractivity contribution >= 4 is 50.4 Å². The molecule has 1 N–H and O–H groups in total. The summed E-state index contributed by atoms with van der Waals surface area (Å²) in [5.41, 5.74) is 6.23. The molecular formula is C31H30N2O4S2. The number of allylic oxidation sites excluding steroid dienone is 2. The number of nitrogens with zero attached hydrogens (tertiary/aromatic N) is 1. The number of anilines is 1. The monoisotopic (exact) mass is 558 g/mol.